The van der Waals surface area contributed by atoms with Gasteiger partial charge in [0, 0.05) is 11.3 Å². The fourth-order valence-corrected chi connectivity index (χ4v) is 2.19. The van der Waals surface area contributed by atoms with Crippen molar-refractivity contribution in [3.63, 3.8) is 0 Å². The summed E-state index contributed by atoms with van der Waals surface area (Å²) in [7, 11) is 0. The molecule has 0 aliphatic rings. The van der Waals surface area contributed by atoms with E-state index in [0.29, 0.717) is 30.7 Å². The van der Waals surface area contributed by atoms with E-state index in [9.17, 15) is 0 Å². The molecule has 6 heteroatoms. The van der Waals surface area contributed by atoms with Crippen LogP contribution in [0.4, 0.5) is 5.69 Å². The second-order valence-corrected chi connectivity index (χ2v) is 4.96. The molecule has 0 radical (unpaired) electrons. The second-order valence-electron chi connectivity index (χ2n) is 3.92. The number of aromatic nitrogens is 2. The van der Waals surface area contributed by atoms with Crippen molar-refractivity contribution in [3.8, 4) is 11.8 Å². The third-order valence-electron chi connectivity index (χ3n) is 2.42. The summed E-state index contributed by atoms with van der Waals surface area (Å²) in [4.78, 5) is 9.30. The van der Waals surface area contributed by atoms with E-state index in [0.717, 1.165) is 12.8 Å². The molecule has 5 nitrogen and oxygen atoms in total. The molecule has 19 heavy (non-hydrogen) atoms. The number of nitrogen functional groups attached to an aromatic ring is 1. The fraction of sp³-hybridized carbons (Fsp3) is 0.385. The molecule has 2 aromatic heterocycles. The van der Waals surface area contributed by atoms with Gasteiger partial charge in [0.25, 0.3) is 0 Å². The van der Waals surface area contributed by atoms with Gasteiger partial charge in [-0.15, -0.1) is 11.3 Å². The van der Waals surface area contributed by atoms with Crippen LogP contribution in [0.25, 0.3) is 0 Å². The molecular formula is C13H17N3O2S. The van der Waals surface area contributed by atoms with Gasteiger partial charge in [0.2, 0.25) is 11.8 Å². The van der Waals surface area contributed by atoms with Crippen LogP contribution in [0.1, 0.15) is 18.2 Å². The standard InChI is InChI=1S/C13H17N3O2S/c1-2-6-17-12-11(14)13(16-9-15-12)18-7-5-10-4-3-8-19-10/h3-4,8-9H,2,5-7,14H2,1H3. The predicted octanol–water partition coefficient (Wildman–Crippen LogP) is 2.53. The lowest BCUT2D eigenvalue weighted by Crippen LogP contribution is -2.07. The molecule has 0 fully saturated rings. The van der Waals surface area contributed by atoms with E-state index in [-0.39, 0.29) is 0 Å². The van der Waals surface area contributed by atoms with E-state index in [1.165, 1.54) is 11.2 Å². The van der Waals surface area contributed by atoms with Crippen LogP contribution in [0.3, 0.4) is 0 Å². The molecule has 0 aliphatic carbocycles. The highest BCUT2D eigenvalue weighted by Crippen LogP contribution is 2.26. The summed E-state index contributed by atoms with van der Waals surface area (Å²) < 4.78 is 11.0. The Hall–Kier alpha value is -1.82. The summed E-state index contributed by atoms with van der Waals surface area (Å²) in [6, 6.07) is 4.10. The third-order valence-corrected chi connectivity index (χ3v) is 3.36. The van der Waals surface area contributed by atoms with Crippen molar-refractivity contribution in [2.45, 2.75) is 19.8 Å². The molecule has 2 heterocycles. The molecular weight excluding hydrogens is 262 g/mol. The Balaban J connectivity index is 1.92. The molecule has 2 aromatic rings. The zero-order chi connectivity index (χ0) is 13.5. The van der Waals surface area contributed by atoms with Crippen molar-refractivity contribution in [1.82, 2.24) is 9.97 Å². The van der Waals surface area contributed by atoms with Crippen LogP contribution in [0.5, 0.6) is 11.8 Å². The Labute approximate surface area is 116 Å². The third kappa shape index (κ3) is 3.82. The van der Waals surface area contributed by atoms with Crippen LogP contribution in [0.15, 0.2) is 23.8 Å². The summed E-state index contributed by atoms with van der Waals surface area (Å²) >= 11 is 1.71. The first-order chi connectivity index (χ1) is 9.31. The van der Waals surface area contributed by atoms with Crippen molar-refractivity contribution in [3.05, 3.63) is 28.7 Å². The summed E-state index contributed by atoms with van der Waals surface area (Å²) in [5, 5.41) is 2.05. The number of thiophene rings is 1. The van der Waals surface area contributed by atoms with Gasteiger partial charge in [-0.3, -0.25) is 0 Å². The average molecular weight is 279 g/mol. The molecule has 0 saturated heterocycles. The lowest BCUT2D eigenvalue weighted by molar-refractivity contribution is 0.291. The van der Waals surface area contributed by atoms with Gasteiger partial charge >= 0.3 is 0 Å². The minimum atomic E-state index is 0.363. The van der Waals surface area contributed by atoms with E-state index >= 15 is 0 Å². The molecule has 2 rings (SSSR count). The highest BCUT2D eigenvalue weighted by atomic mass is 32.1. The molecule has 0 bridgehead atoms. The number of ether oxygens (including phenoxy) is 2. The highest BCUT2D eigenvalue weighted by Gasteiger charge is 2.10. The van der Waals surface area contributed by atoms with Gasteiger partial charge in [0.1, 0.15) is 6.33 Å². The van der Waals surface area contributed by atoms with E-state index in [1.807, 2.05) is 18.4 Å². The molecule has 0 aromatic carbocycles. The second kappa shape index (κ2) is 6.94. The number of hydrogen-bond donors (Lipinski definition) is 1. The Kier molecular flexibility index (Phi) is 4.97. The van der Waals surface area contributed by atoms with Gasteiger partial charge in [0.15, 0.2) is 5.69 Å². The Morgan fingerprint density at radius 1 is 1.21 bits per heavy atom. The van der Waals surface area contributed by atoms with Gasteiger partial charge in [-0.2, -0.15) is 9.97 Å². The van der Waals surface area contributed by atoms with E-state index in [4.69, 9.17) is 15.2 Å². The summed E-state index contributed by atoms with van der Waals surface area (Å²) in [6.45, 7) is 3.14. The van der Waals surface area contributed by atoms with Crippen LogP contribution >= 0.6 is 11.3 Å². The topological polar surface area (TPSA) is 70.3 Å². The largest absolute Gasteiger partial charge is 0.476 e. The maximum atomic E-state index is 5.91. The van der Waals surface area contributed by atoms with Crippen molar-refractivity contribution in [1.29, 1.82) is 0 Å². The molecule has 102 valence electrons. The maximum Gasteiger partial charge on any atom is 0.244 e. The van der Waals surface area contributed by atoms with Crippen molar-refractivity contribution in [2.24, 2.45) is 0 Å². The van der Waals surface area contributed by atoms with Crippen LogP contribution in [-0.2, 0) is 6.42 Å². The Morgan fingerprint density at radius 2 is 1.95 bits per heavy atom. The fourth-order valence-electron chi connectivity index (χ4n) is 1.50. The van der Waals surface area contributed by atoms with Gasteiger partial charge < -0.3 is 15.2 Å². The lowest BCUT2D eigenvalue weighted by Gasteiger charge is -2.10. The molecule has 0 aliphatic heterocycles. The van der Waals surface area contributed by atoms with E-state index < -0.39 is 0 Å². The molecule has 0 saturated carbocycles. The number of rotatable bonds is 7. The van der Waals surface area contributed by atoms with Gasteiger partial charge in [0.05, 0.1) is 13.2 Å². The van der Waals surface area contributed by atoms with Crippen LogP contribution in [-0.4, -0.2) is 23.2 Å². The number of nitrogens with two attached hydrogens (primary N) is 1. The van der Waals surface area contributed by atoms with Crippen molar-refractivity contribution in [2.75, 3.05) is 18.9 Å². The van der Waals surface area contributed by atoms with E-state index in [1.54, 1.807) is 11.3 Å². The number of hydrogen-bond acceptors (Lipinski definition) is 6. The number of nitrogens with zero attached hydrogens (tertiary/aromatic N) is 2. The SMILES string of the molecule is CCCOc1ncnc(OCCc2cccs2)c1N. The zero-order valence-electron chi connectivity index (χ0n) is 10.8. The number of anilines is 1. The molecule has 0 spiro atoms. The molecule has 0 atom stereocenters. The molecule has 2 N–H and O–H groups in total. The first-order valence-corrected chi connectivity index (χ1v) is 7.07. The van der Waals surface area contributed by atoms with E-state index in [2.05, 4.69) is 16.0 Å². The maximum absolute atomic E-state index is 5.91. The van der Waals surface area contributed by atoms with Crippen molar-refractivity contribution < 1.29 is 9.47 Å². The Morgan fingerprint density at radius 3 is 2.58 bits per heavy atom. The molecule has 0 unspecified atom stereocenters. The Bertz CT molecular complexity index is 503. The monoisotopic (exact) mass is 279 g/mol. The van der Waals surface area contributed by atoms with Crippen LogP contribution in [0, 0.1) is 0 Å². The quantitative estimate of drug-likeness (QED) is 0.843. The summed E-state index contributed by atoms with van der Waals surface area (Å²) in [5.74, 6) is 0.778. The van der Waals surface area contributed by atoms with Crippen LogP contribution < -0.4 is 15.2 Å². The minimum Gasteiger partial charge on any atom is -0.476 e. The summed E-state index contributed by atoms with van der Waals surface area (Å²) in [5.41, 5.74) is 6.27. The van der Waals surface area contributed by atoms with Gasteiger partial charge in [-0.1, -0.05) is 13.0 Å². The lowest BCUT2D eigenvalue weighted by atomic mass is 10.4. The zero-order valence-corrected chi connectivity index (χ0v) is 11.7. The molecule has 0 amide bonds. The first-order valence-electron chi connectivity index (χ1n) is 6.19. The van der Waals surface area contributed by atoms with Gasteiger partial charge in [-0.25, -0.2) is 0 Å². The normalized spacial score (nSPS) is 10.4. The van der Waals surface area contributed by atoms with Crippen molar-refractivity contribution >= 4 is 17.0 Å². The average Bonchev–Trinajstić information content (AvgIpc) is 2.92. The first kappa shape index (κ1) is 13.6. The van der Waals surface area contributed by atoms with Gasteiger partial charge in [-0.05, 0) is 17.9 Å². The highest BCUT2D eigenvalue weighted by molar-refractivity contribution is 7.09. The summed E-state index contributed by atoms with van der Waals surface area (Å²) in [6.07, 6.45) is 3.14. The minimum absolute atomic E-state index is 0.363. The van der Waals surface area contributed by atoms with Crippen LogP contribution in [0.2, 0.25) is 0 Å². The smallest absolute Gasteiger partial charge is 0.244 e. The predicted molar refractivity (Wildman–Crippen MR) is 75.7 cm³/mol.